The molecule has 1 atom stereocenters. The van der Waals surface area contributed by atoms with E-state index in [4.69, 9.17) is 4.74 Å². The molecule has 0 saturated heterocycles. The molecule has 0 amide bonds. The summed E-state index contributed by atoms with van der Waals surface area (Å²) in [6.45, 7) is 0. The molecule has 3 rings (SSSR count). The van der Waals surface area contributed by atoms with Crippen molar-refractivity contribution in [2.75, 3.05) is 0 Å². The summed E-state index contributed by atoms with van der Waals surface area (Å²) in [4.78, 5) is 10.7. The number of aromatic nitrogens is 1. The highest BCUT2D eigenvalue weighted by molar-refractivity contribution is 5.74. The Balaban J connectivity index is 1.91. The molecular formula is C18H14FNO2. The summed E-state index contributed by atoms with van der Waals surface area (Å²) in [5.41, 5.74) is 1.42. The van der Waals surface area contributed by atoms with Gasteiger partial charge in [0.1, 0.15) is 17.9 Å². The molecule has 4 heteroatoms. The number of nitrogens with zero attached hydrogens (tertiary/aromatic N) is 1. The van der Waals surface area contributed by atoms with Crippen molar-refractivity contribution in [2.45, 2.75) is 6.23 Å². The van der Waals surface area contributed by atoms with Gasteiger partial charge in [0, 0.05) is 23.5 Å². The maximum atomic E-state index is 13.1. The Morgan fingerprint density at radius 3 is 2.18 bits per heavy atom. The van der Waals surface area contributed by atoms with Crippen molar-refractivity contribution in [1.29, 1.82) is 0 Å². The number of hydrogen-bond donors (Lipinski definition) is 0. The van der Waals surface area contributed by atoms with Gasteiger partial charge in [0.2, 0.25) is 6.23 Å². The molecule has 2 aromatic carbocycles. The molecule has 3 nitrogen and oxygen atoms in total. The predicted octanol–water partition coefficient (Wildman–Crippen LogP) is 4.07. The van der Waals surface area contributed by atoms with Crippen LogP contribution in [0, 0.1) is 5.82 Å². The van der Waals surface area contributed by atoms with Gasteiger partial charge in [0.15, 0.2) is 0 Å². The number of halogens is 1. The average Bonchev–Trinajstić information content (AvgIpc) is 3.08. The molecule has 0 radical (unpaired) electrons. The van der Waals surface area contributed by atoms with Gasteiger partial charge >= 0.3 is 0 Å². The van der Waals surface area contributed by atoms with E-state index in [-0.39, 0.29) is 5.82 Å². The van der Waals surface area contributed by atoms with Crippen molar-refractivity contribution in [3.8, 4) is 5.75 Å². The molecule has 22 heavy (non-hydrogen) atoms. The summed E-state index contributed by atoms with van der Waals surface area (Å²) in [6, 6.07) is 16.9. The summed E-state index contributed by atoms with van der Waals surface area (Å²) in [5.74, 6) is 0.346. The van der Waals surface area contributed by atoms with Crippen LogP contribution >= 0.6 is 0 Å². The fraction of sp³-hybridized carbons (Fsp3) is 0.0556. The third kappa shape index (κ3) is 3.06. The lowest BCUT2D eigenvalue weighted by Crippen LogP contribution is -2.16. The van der Waals surface area contributed by atoms with Gasteiger partial charge < -0.3 is 9.30 Å². The standard InChI is InChI=1S/C18H14FNO2/c19-16-7-5-15(6-8-16)18(20-11-1-2-12-20)22-17-9-3-14(13-21)4-10-17/h1-13,18H. The summed E-state index contributed by atoms with van der Waals surface area (Å²) in [5, 5.41) is 0. The predicted molar refractivity (Wildman–Crippen MR) is 81.4 cm³/mol. The number of carbonyl (C=O) groups is 1. The largest absolute Gasteiger partial charge is 0.466 e. The molecule has 0 aliphatic rings. The van der Waals surface area contributed by atoms with E-state index >= 15 is 0 Å². The van der Waals surface area contributed by atoms with Crippen LogP contribution in [0.5, 0.6) is 5.75 Å². The zero-order valence-electron chi connectivity index (χ0n) is 11.7. The smallest absolute Gasteiger partial charge is 0.202 e. The zero-order valence-corrected chi connectivity index (χ0v) is 11.7. The van der Waals surface area contributed by atoms with Gasteiger partial charge in [0.05, 0.1) is 0 Å². The van der Waals surface area contributed by atoms with Gasteiger partial charge in [0.25, 0.3) is 0 Å². The molecule has 0 aliphatic carbocycles. The maximum absolute atomic E-state index is 13.1. The van der Waals surface area contributed by atoms with E-state index in [1.165, 1.54) is 12.1 Å². The summed E-state index contributed by atoms with van der Waals surface area (Å²) < 4.78 is 21.0. The van der Waals surface area contributed by atoms with E-state index in [2.05, 4.69) is 0 Å². The maximum Gasteiger partial charge on any atom is 0.202 e. The minimum atomic E-state index is -0.405. The Bertz CT molecular complexity index is 734. The molecule has 110 valence electrons. The zero-order chi connectivity index (χ0) is 15.4. The highest BCUT2D eigenvalue weighted by atomic mass is 19.1. The summed E-state index contributed by atoms with van der Waals surface area (Å²) in [6.07, 6.45) is 4.15. The summed E-state index contributed by atoms with van der Waals surface area (Å²) in [7, 11) is 0. The SMILES string of the molecule is O=Cc1ccc(OC(c2ccc(F)cc2)n2cccc2)cc1. The molecule has 1 heterocycles. The Kier molecular flexibility index (Phi) is 4.01. The molecule has 3 aromatic rings. The van der Waals surface area contributed by atoms with Crippen molar-refractivity contribution in [1.82, 2.24) is 4.57 Å². The molecule has 0 saturated carbocycles. The van der Waals surface area contributed by atoms with Crippen LogP contribution in [0.4, 0.5) is 4.39 Å². The number of aldehydes is 1. The fourth-order valence-electron chi connectivity index (χ4n) is 2.19. The minimum Gasteiger partial charge on any atom is -0.466 e. The van der Waals surface area contributed by atoms with Crippen LogP contribution in [-0.4, -0.2) is 10.9 Å². The summed E-state index contributed by atoms with van der Waals surface area (Å²) >= 11 is 0. The topological polar surface area (TPSA) is 31.2 Å². The molecule has 0 N–H and O–H groups in total. The number of carbonyl (C=O) groups excluding carboxylic acids is 1. The minimum absolute atomic E-state index is 0.287. The Morgan fingerprint density at radius 2 is 1.59 bits per heavy atom. The molecule has 0 bridgehead atoms. The van der Waals surface area contributed by atoms with Crippen LogP contribution < -0.4 is 4.74 Å². The first kappa shape index (κ1) is 14.1. The number of hydrogen-bond acceptors (Lipinski definition) is 2. The third-order valence-corrected chi connectivity index (χ3v) is 3.32. The van der Waals surface area contributed by atoms with Gasteiger partial charge in [-0.2, -0.15) is 0 Å². The van der Waals surface area contributed by atoms with Gasteiger partial charge in [-0.1, -0.05) is 12.1 Å². The highest BCUT2D eigenvalue weighted by Crippen LogP contribution is 2.24. The molecule has 0 spiro atoms. The lowest BCUT2D eigenvalue weighted by Gasteiger charge is -2.21. The fourth-order valence-corrected chi connectivity index (χ4v) is 2.19. The number of benzene rings is 2. The Hall–Kier alpha value is -2.88. The number of ether oxygens (including phenoxy) is 1. The van der Waals surface area contributed by atoms with Crippen molar-refractivity contribution in [3.05, 3.63) is 90.0 Å². The van der Waals surface area contributed by atoms with E-state index in [0.717, 1.165) is 11.8 Å². The highest BCUT2D eigenvalue weighted by Gasteiger charge is 2.14. The Morgan fingerprint density at radius 1 is 0.955 bits per heavy atom. The van der Waals surface area contributed by atoms with Crippen molar-refractivity contribution < 1.29 is 13.9 Å². The van der Waals surface area contributed by atoms with E-state index in [9.17, 15) is 9.18 Å². The molecular weight excluding hydrogens is 281 g/mol. The van der Waals surface area contributed by atoms with E-state index in [1.54, 1.807) is 36.4 Å². The lowest BCUT2D eigenvalue weighted by atomic mass is 10.2. The Labute approximate surface area is 127 Å². The van der Waals surface area contributed by atoms with E-state index < -0.39 is 6.23 Å². The quantitative estimate of drug-likeness (QED) is 0.664. The van der Waals surface area contributed by atoms with Crippen LogP contribution in [0.2, 0.25) is 0 Å². The lowest BCUT2D eigenvalue weighted by molar-refractivity contribution is 0.112. The van der Waals surface area contributed by atoms with Crippen molar-refractivity contribution >= 4 is 6.29 Å². The van der Waals surface area contributed by atoms with Gasteiger partial charge in [-0.15, -0.1) is 0 Å². The molecule has 1 unspecified atom stereocenters. The second-order valence-electron chi connectivity index (χ2n) is 4.84. The first-order valence-electron chi connectivity index (χ1n) is 6.86. The van der Waals surface area contributed by atoms with Crippen LogP contribution in [-0.2, 0) is 0 Å². The van der Waals surface area contributed by atoms with Crippen molar-refractivity contribution in [3.63, 3.8) is 0 Å². The average molecular weight is 295 g/mol. The number of rotatable bonds is 5. The first-order chi connectivity index (χ1) is 10.8. The van der Waals surface area contributed by atoms with Crippen LogP contribution in [0.1, 0.15) is 22.1 Å². The van der Waals surface area contributed by atoms with Crippen LogP contribution in [0.25, 0.3) is 0 Å². The van der Waals surface area contributed by atoms with Gasteiger partial charge in [-0.3, -0.25) is 4.79 Å². The normalized spacial score (nSPS) is 11.9. The monoisotopic (exact) mass is 295 g/mol. The van der Waals surface area contributed by atoms with Crippen LogP contribution in [0.3, 0.4) is 0 Å². The molecule has 0 aliphatic heterocycles. The second kappa shape index (κ2) is 6.26. The van der Waals surface area contributed by atoms with Crippen LogP contribution in [0.15, 0.2) is 73.1 Å². The first-order valence-corrected chi connectivity index (χ1v) is 6.86. The third-order valence-electron chi connectivity index (χ3n) is 3.32. The van der Waals surface area contributed by atoms with Gasteiger partial charge in [-0.05, 0) is 48.5 Å². The van der Waals surface area contributed by atoms with E-state index in [1.807, 2.05) is 29.1 Å². The van der Waals surface area contributed by atoms with Crippen molar-refractivity contribution in [2.24, 2.45) is 0 Å². The van der Waals surface area contributed by atoms with E-state index in [0.29, 0.717) is 11.3 Å². The second-order valence-corrected chi connectivity index (χ2v) is 4.84. The molecule has 0 fully saturated rings. The van der Waals surface area contributed by atoms with Gasteiger partial charge in [-0.25, -0.2) is 4.39 Å². The molecule has 1 aromatic heterocycles.